The van der Waals surface area contributed by atoms with Gasteiger partial charge in [-0.3, -0.25) is 4.79 Å². The molecule has 0 aliphatic carbocycles. The number of H-pyrrole nitrogens is 1. The predicted molar refractivity (Wildman–Crippen MR) is 96.0 cm³/mol. The third kappa shape index (κ3) is 3.35. The van der Waals surface area contributed by atoms with Crippen molar-refractivity contribution >= 4 is 5.82 Å². The van der Waals surface area contributed by atoms with E-state index in [1.165, 1.54) is 5.56 Å². The Hall–Kier alpha value is -2.95. The van der Waals surface area contributed by atoms with Gasteiger partial charge in [0.05, 0.1) is 0 Å². The molecule has 0 unspecified atom stereocenters. The molecule has 2 aromatic heterocycles. The molecule has 0 fully saturated rings. The van der Waals surface area contributed by atoms with Gasteiger partial charge in [0.15, 0.2) is 0 Å². The van der Waals surface area contributed by atoms with Crippen molar-refractivity contribution in [2.75, 3.05) is 5.32 Å². The minimum atomic E-state index is -0.114. The van der Waals surface area contributed by atoms with Crippen LogP contribution in [0.4, 0.5) is 5.82 Å². The van der Waals surface area contributed by atoms with Crippen LogP contribution in [-0.2, 0) is 0 Å². The second-order valence-corrected chi connectivity index (χ2v) is 5.83. The van der Waals surface area contributed by atoms with Gasteiger partial charge < -0.3 is 10.3 Å². The van der Waals surface area contributed by atoms with Crippen molar-refractivity contribution in [2.24, 2.45) is 0 Å². The summed E-state index contributed by atoms with van der Waals surface area (Å²) in [4.78, 5) is 23.5. The van der Waals surface area contributed by atoms with Gasteiger partial charge in [-0.2, -0.15) is 0 Å². The number of aromatic nitrogens is 3. The first-order valence-electron chi connectivity index (χ1n) is 7.90. The lowest BCUT2D eigenvalue weighted by atomic mass is 10.1. The van der Waals surface area contributed by atoms with E-state index in [0.717, 1.165) is 17.1 Å². The van der Waals surface area contributed by atoms with E-state index in [1.807, 2.05) is 37.3 Å². The van der Waals surface area contributed by atoms with Gasteiger partial charge in [0.25, 0.3) is 5.56 Å². The molecule has 0 aliphatic rings. The molecule has 0 aliphatic heterocycles. The number of pyridine rings is 1. The van der Waals surface area contributed by atoms with E-state index in [9.17, 15) is 4.79 Å². The molecule has 0 saturated heterocycles. The zero-order chi connectivity index (χ0) is 17.1. The lowest BCUT2D eigenvalue weighted by Gasteiger charge is -2.15. The Balaban J connectivity index is 1.80. The Kier molecular flexibility index (Phi) is 4.42. The van der Waals surface area contributed by atoms with Crippen molar-refractivity contribution in [3.8, 4) is 11.4 Å². The number of rotatable bonds is 4. The van der Waals surface area contributed by atoms with Crippen LogP contribution >= 0.6 is 0 Å². The number of hydrogen-bond acceptors (Lipinski definition) is 4. The molecule has 0 amide bonds. The van der Waals surface area contributed by atoms with Crippen LogP contribution in [-0.4, -0.2) is 15.0 Å². The van der Waals surface area contributed by atoms with Crippen LogP contribution in [0.2, 0.25) is 0 Å². The molecule has 0 radical (unpaired) electrons. The highest BCUT2D eigenvalue weighted by atomic mass is 16.1. The molecule has 3 aromatic rings. The highest BCUT2D eigenvalue weighted by Gasteiger charge is 2.08. The summed E-state index contributed by atoms with van der Waals surface area (Å²) in [6.45, 7) is 5.69. The summed E-state index contributed by atoms with van der Waals surface area (Å²) in [6, 6.07) is 14.2. The summed E-state index contributed by atoms with van der Waals surface area (Å²) >= 11 is 0. The van der Waals surface area contributed by atoms with Crippen LogP contribution in [0.25, 0.3) is 11.4 Å². The highest BCUT2D eigenvalue weighted by molar-refractivity contribution is 5.56. The molecule has 0 spiro atoms. The normalized spacial score (nSPS) is 12.0. The lowest BCUT2D eigenvalue weighted by Crippen LogP contribution is -2.14. The van der Waals surface area contributed by atoms with Gasteiger partial charge >= 0.3 is 0 Å². The van der Waals surface area contributed by atoms with Gasteiger partial charge in [-0.25, -0.2) is 9.97 Å². The van der Waals surface area contributed by atoms with E-state index >= 15 is 0 Å². The topological polar surface area (TPSA) is 70.7 Å². The number of hydrogen-bond donors (Lipinski definition) is 2. The molecule has 5 nitrogen and oxygen atoms in total. The monoisotopic (exact) mass is 320 g/mol. The Morgan fingerprint density at radius 1 is 1.08 bits per heavy atom. The second-order valence-electron chi connectivity index (χ2n) is 5.83. The molecule has 1 atom stereocenters. The standard InChI is InChI=1S/C19H20N4O/c1-12-13(2)22-18(23-19(12)24)16-9-10-17(20-11-16)21-14(3)15-7-5-4-6-8-15/h4-11,14H,1-3H3,(H,20,21)(H,22,23,24)/t14-/m0/s1. The van der Waals surface area contributed by atoms with E-state index in [0.29, 0.717) is 11.4 Å². The van der Waals surface area contributed by atoms with Crippen molar-refractivity contribution < 1.29 is 0 Å². The molecule has 3 rings (SSSR count). The van der Waals surface area contributed by atoms with E-state index in [2.05, 4.69) is 39.3 Å². The highest BCUT2D eigenvalue weighted by Crippen LogP contribution is 2.20. The fourth-order valence-corrected chi connectivity index (χ4v) is 2.45. The van der Waals surface area contributed by atoms with Crippen LogP contribution in [0.1, 0.15) is 29.8 Å². The maximum Gasteiger partial charge on any atom is 0.254 e. The zero-order valence-corrected chi connectivity index (χ0v) is 14.0. The Labute approximate surface area is 140 Å². The van der Waals surface area contributed by atoms with Gasteiger partial charge in [0.2, 0.25) is 0 Å². The number of anilines is 1. The summed E-state index contributed by atoms with van der Waals surface area (Å²) in [6.07, 6.45) is 1.72. The second kappa shape index (κ2) is 6.66. The SMILES string of the molecule is Cc1nc(-c2ccc(N[C@@H](C)c3ccccc3)nc2)[nH]c(=O)c1C. The Morgan fingerprint density at radius 2 is 1.83 bits per heavy atom. The number of benzene rings is 1. The fourth-order valence-electron chi connectivity index (χ4n) is 2.45. The first-order chi connectivity index (χ1) is 11.5. The smallest absolute Gasteiger partial charge is 0.254 e. The quantitative estimate of drug-likeness (QED) is 0.770. The molecular weight excluding hydrogens is 300 g/mol. The summed E-state index contributed by atoms with van der Waals surface area (Å²) in [5, 5.41) is 3.37. The third-order valence-electron chi connectivity index (χ3n) is 4.10. The van der Waals surface area contributed by atoms with Crippen molar-refractivity contribution in [3.63, 3.8) is 0 Å². The lowest BCUT2D eigenvalue weighted by molar-refractivity contribution is 0.874. The van der Waals surface area contributed by atoms with Gasteiger partial charge in [-0.15, -0.1) is 0 Å². The van der Waals surface area contributed by atoms with Crippen LogP contribution in [0, 0.1) is 13.8 Å². The third-order valence-corrected chi connectivity index (χ3v) is 4.10. The molecule has 1 aromatic carbocycles. The maximum atomic E-state index is 11.9. The van der Waals surface area contributed by atoms with E-state index in [1.54, 1.807) is 13.1 Å². The maximum absolute atomic E-state index is 11.9. The van der Waals surface area contributed by atoms with Crippen LogP contribution in [0.5, 0.6) is 0 Å². The Morgan fingerprint density at radius 3 is 2.46 bits per heavy atom. The summed E-state index contributed by atoms with van der Waals surface area (Å²) in [7, 11) is 0. The minimum Gasteiger partial charge on any atom is -0.364 e. The predicted octanol–water partition coefficient (Wildman–Crippen LogP) is 3.62. The van der Waals surface area contributed by atoms with Crippen molar-refractivity contribution in [1.82, 2.24) is 15.0 Å². The van der Waals surface area contributed by atoms with E-state index in [-0.39, 0.29) is 11.6 Å². The summed E-state index contributed by atoms with van der Waals surface area (Å²) in [5.74, 6) is 1.32. The average molecular weight is 320 g/mol. The molecule has 5 heteroatoms. The number of nitrogens with one attached hydrogen (secondary N) is 2. The molecule has 0 bridgehead atoms. The average Bonchev–Trinajstić information content (AvgIpc) is 2.60. The number of aryl methyl sites for hydroxylation is 1. The summed E-state index contributed by atoms with van der Waals surface area (Å²) in [5.41, 5.74) is 3.24. The molecular formula is C19H20N4O. The van der Waals surface area contributed by atoms with Gasteiger partial charge in [0.1, 0.15) is 11.6 Å². The molecule has 0 saturated carbocycles. The molecule has 2 N–H and O–H groups in total. The molecule has 122 valence electrons. The van der Waals surface area contributed by atoms with Gasteiger partial charge in [-0.1, -0.05) is 30.3 Å². The number of nitrogens with zero attached hydrogens (tertiary/aromatic N) is 2. The van der Waals surface area contributed by atoms with Crippen LogP contribution < -0.4 is 10.9 Å². The van der Waals surface area contributed by atoms with E-state index in [4.69, 9.17) is 0 Å². The van der Waals surface area contributed by atoms with Crippen LogP contribution in [0.15, 0.2) is 53.5 Å². The van der Waals surface area contributed by atoms with Gasteiger partial charge in [-0.05, 0) is 38.5 Å². The molecule has 24 heavy (non-hydrogen) atoms. The Bertz CT molecular complexity index is 885. The molecule has 2 heterocycles. The van der Waals surface area contributed by atoms with Gasteiger partial charge in [0, 0.05) is 29.1 Å². The minimum absolute atomic E-state index is 0.114. The summed E-state index contributed by atoms with van der Waals surface area (Å²) < 4.78 is 0. The first-order valence-corrected chi connectivity index (χ1v) is 7.90. The first kappa shape index (κ1) is 15.9. The van der Waals surface area contributed by atoms with Crippen molar-refractivity contribution in [1.29, 1.82) is 0 Å². The zero-order valence-electron chi connectivity index (χ0n) is 14.0. The van der Waals surface area contributed by atoms with Crippen LogP contribution in [0.3, 0.4) is 0 Å². The van der Waals surface area contributed by atoms with Crippen molar-refractivity contribution in [2.45, 2.75) is 26.8 Å². The fraction of sp³-hybridized carbons (Fsp3) is 0.211. The largest absolute Gasteiger partial charge is 0.364 e. The van der Waals surface area contributed by atoms with Crippen molar-refractivity contribution in [3.05, 3.63) is 75.8 Å². The van der Waals surface area contributed by atoms with E-state index < -0.39 is 0 Å². The number of aromatic amines is 1.